The molecule has 316 valence electrons. The van der Waals surface area contributed by atoms with Crippen molar-refractivity contribution < 1.29 is 38.9 Å². The normalized spacial score (nSPS) is 21.5. The van der Waals surface area contributed by atoms with E-state index in [1.54, 1.807) is 0 Å². The van der Waals surface area contributed by atoms with Crippen LogP contribution in [-0.2, 0) is 28.7 Å². The van der Waals surface area contributed by atoms with Gasteiger partial charge in [-0.2, -0.15) is 0 Å². The summed E-state index contributed by atoms with van der Waals surface area (Å²) in [6.45, 7) is 5.19. The number of unbranched alkanes of at least 4 members (excludes halogenated alkanes) is 4. The second-order valence-corrected chi connectivity index (χ2v) is 24.7. The molecule has 4 rings (SSSR count). The quantitative estimate of drug-likeness (QED) is 0.0541. The van der Waals surface area contributed by atoms with E-state index in [-0.39, 0.29) is 11.9 Å². The van der Waals surface area contributed by atoms with Gasteiger partial charge in [-0.05, 0) is 89.9 Å². The summed E-state index contributed by atoms with van der Waals surface area (Å²) < 4.78 is 10.0. The zero-order valence-corrected chi connectivity index (χ0v) is 39.3. The second-order valence-electron chi connectivity index (χ2n) is 13.5. The average Bonchev–Trinajstić information content (AvgIpc) is 4.01. The molecule has 0 bridgehead atoms. The van der Waals surface area contributed by atoms with Gasteiger partial charge in [0.2, 0.25) is 0 Å². The molecule has 0 radical (unpaired) electrons. The molecule has 2 N–H and O–H groups in total. The van der Waals surface area contributed by atoms with Crippen molar-refractivity contribution in [2.45, 2.75) is 176 Å². The van der Waals surface area contributed by atoms with Gasteiger partial charge in [0.25, 0.3) is 0 Å². The van der Waals surface area contributed by atoms with Crippen molar-refractivity contribution >= 4 is 110 Å². The van der Waals surface area contributed by atoms with Crippen molar-refractivity contribution in [1.29, 1.82) is 0 Å². The molecular formula is C38H68O8S8. The number of hydrogen-bond donors (Lipinski definition) is 2. The van der Waals surface area contributed by atoms with Crippen LogP contribution >= 0.6 is 86.4 Å². The molecule has 54 heavy (non-hydrogen) atoms. The smallest absolute Gasteiger partial charge is 0.305 e. The Labute approximate surface area is 358 Å². The molecule has 0 aliphatic carbocycles. The minimum absolute atomic E-state index is 0.0229. The third-order valence-electron chi connectivity index (χ3n) is 8.49. The summed E-state index contributed by atoms with van der Waals surface area (Å²) in [5.74, 6) is 3.77. The Balaban J connectivity index is 0.000000362. The van der Waals surface area contributed by atoms with Gasteiger partial charge in [-0.25, -0.2) is 0 Å². The first-order valence-electron chi connectivity index (χ1n) is 20.1. The highest BCUT2D eigenvalue weighted by Crippen LogP contribution is 2.42. The number of ether oxygens (including phenoxy) is 2. The fourth-order valence-electron chi connectivity index (χ4n) is 5.41. The van der Waals surface area contributed by atoms with Crippen LogP contribution in [0.15, 0.2) is 0 Å². The lowest BCUT2D eigenvalue weighted by atomic mass is 10.1. The van der Waals surface area contributed by atoms with Crippen molar-refractivity contribution in [3.05, 3.63) is 0 Å². The monoisotopic (exact) mass is 908 g/mol. The number of carboxylic acids is 2. The van der Waals surface area contributed by atoms with Crippen LogP contribution in [0.3, 0.4) is 0 Å². The zero-order valence-electron chi connectivity index (χ0n) is 32.7. The molecule has 4 fully saturated rings. The Kier molecular flexibility index (Phi) is 37.0. The fourth-order valence-corrected chi connectivity index (χ4v) is 17.5. The largest absolute Gasteiger partial charge is 0.481 e. The first-order valence-corrected chi connectivity index (χ1v) is 29.6. The van der Waals surface area contributed by atoms with Gasteiger partial charge in [-0.15, -0.1) is 0 Å². The molecule has 8 nitrogen and oxygen atoms in total. The molecule has 0 aromatic rings. The van der Waals surface area contributed by atoms with Gasteiger partial charge in [0.1, 0.15) is 0 Å². The number of aliphatic carboxylic acids is 2. The van der Waals surface area contributed by atoms with E-state index in [4.69, 9.17) is 19.7 Å². The SMILES string of the molecule is CCCOC(=O)CCCCC1CCSS1.CCCOC(=O)CCCCC1CCSS1.O=C(O)CCCCC1CCSS1.O=C(O)CCCCC1CCSS1. The van der Waals surface area contributed by atoms with Gasteiger partial charge in [-0.3, -0.25) is 19.2 Å². The molecule has 4 saturated heterocycles. The lowest BCUT2D eigenvalue weighted by Crippen LogP contribution is -2.05. The van der Waals surface area contributed by atoms with Crippen molar-refractivity contribution in [2.75, 3.05) is 36.2 Å². The predicted octanol–water partition coefficient (Wildman–Crippen LogP) is 12.9. The summed E-state index contributed by atoms with van der Waals surface area (Å²) in [4.78, 5) is 42.7. The van der Waals surface area contributed by atoms with E-state index in [0.717, 1.165) is 72.4 Å². The molecule has 0 spiro atoms. The number of hydrogen-bond acceptors (Lipinski definition) is 14. The van der Waals surface area contributed by atoms with Crippen LogP contribution in [0.5, 0.6) is 0 Å². The Morgan fingerprint density at radius 1 is 0.463 bits per heavy atom. The summed E-state index contributed by atoms with van der Waals surface area (Å²) in [5.41, 5.74) is 0. The van der Waals surface area contributed by atoms with Crippen molar-refractivity contribution in [3.8, 4) is 0 Å². The summed E-state index contributed by atoms with van der Waals surface area (Å²) in [6, 6.07) is 0. The molecule has 4 atom stereocenters. The van der Waals surface area contributed by atoms with Crippen molar-refractivity contribution in [1.82, 2.24) is 0 Å². The van der Waals surface area contributed by atoms with Gasteiger partial charge < -0.3 is 19.7 Å². The van der Waals surface area contributed by atoms with Gasteiger partial charge in [-0.1, -0.05) is 126 Å². The van der Waals surface area contributed by atoms with Crippen molar-refractivity contribution in [3.63, 3.8) is 0 Å². The first-order chi connectivity index (χ1) is 26.2. The lowest BCUT2D eigenvalue weighted by Gasteiger charge is -2.06. The Hall–Kier alpha value is 0.680. The molecule has 0 aromatic heterocycles. The summed E-state index contributed by atoms with van der Waals surface area (Å²) in [7, 11) is 15.8. The standard InChI is InChI=1S/2C11H20O2S2.2C8H14O2S2/c2*1-2-8-13-11(12)6-4-3-5-10-7-9-14-15-10;2*9-8(10)4-2-1-3-7-5-6-11-12-7/h2*10H,2-9H2,1H3;2*7H,1-6H2,(H,9,10). The average molecular weight is 909 g/mol. The van der Waals surface area contributed by atoms with Crippen LogP contribution in [0.1, 0.15) is 155 Å². The Bertz CT molecular complexity index is 868. The molecule has 0 saturated carbocycles. The van der Waals surface area contributed by atoms with E-state index in [9.17, 15) is 19.2 Å². The van der Waals surface area contributed by atoms with E-state index < -0.39 is 11.9 Å². The third-order valence-corrected chi connectivity index (χ3v) is 20.5. The molecule has 4 aliphatic heterocycles. The van der Waals surface area contributed by atoms with Crippen LogP contribution in [0, 0.1) is 0 Å². The molecule has 16 heteroatoms. The maximum atomic E-state index is 11.2. The lowest BCUT2D eigenvalue weighted by molar-refractivity contribution is -0.144. The predicted molar refractivity (Wildman–Crippen MR) is 245 cm³/mol. The molecule has 0 amide bonds. The van der Waals surface area contributed by atoms with E-state index in [2.05, 4.69) is 0 Å². The van der Waals surface area contributed by atoms with Crippen LogP contribution in [-0.4, -0.2) is 91.3 Å². The minimum atomic E-state index is -0.663. The first kappa shape index (κ1) is 52.7. The van der Waals surface area contributed by atoms with E-state index in [1.807, 2.05) is 100 Å². The Morgan fingerprint density at radius 3 is 0.963 bits per heavy atom. The number of carbonyl (C=O) groups excluding carboxylic acids is 2. The van der Waals surface area contributed by atoms with Crippen LogP contribution in [0.2, 0.25) is 0 Å². The van der Waals surface area contributed by atoms with Gasteiger partial charge >= 0.3 is 23.9 Å². The minimum Gasteiger partial charge on any atom is -0.481 e. The third kappa shape index (κ3) is 33.6. The number of esters is 2. The summed E-state index contributed by atoms with van der Waals surface area (Å²) in [5, 5.41) is 20.1. The van der Waals surface area contributed by atoms with Crippen molar-refractivity contribution in [2.24, 2.45) is 0 Å². The fraction of sp³-hybridized carbons (Fsp3) is 0.895. The molecular weight excluding hydrogens is 841 g/mol. The van der Waals surface area contributed by atoms with Crippen LogP contribution < -0.4 is 0 Å². The second kappa shape index (κ2) is 37.9. The molecule has 4 heterocycles. The Morgan fingerprint density at radius 2 is 0.741 bits per heavy atom. The maximum absolute atomic E-state index is 11.2. The van der Waals surface area contributed by atoms with Crippen LogP contribution in [0.25, 0.3) is 0 Å². The molecule has 4 unspecified atom stereocenters. The molecule has 0 aromatic carbocycles. The number of rotatable bonds is 24. The van der Waals surface area contributed by atoms with Crippen LogP contribution in [0.4, 0.5) is 0 Å². The topological polar surface area (TPSA) is 127 Å². The highest BCUT2D eigenvalue weighted by molar-refractivity contribution is 8.78. The zero-order chi connectivity index (χ0) is 39.5. The molecule has 4 aliphatic rings. The van der Waals surface area contributed by atoms with E-state index >= 15 is 0 Å². The summed E-state index contributed by atoms with van der Waals surface area (Å²) in [6.07, 6.45) is 22.1. The number of carbonyl (C=O) groups is 4. The van der Waals surface area contributed by atoms with Gasteiger partial charge in [0, 0.05) is 69.7 Å². The van der Waals surface area contributed by atoms with E-state index in [1.165, 1.54) is 87.2 Å². The van der Waals surface area contributed by atoms with E-state index in [0.29, 0.717) is 38.9 Å². The highest BCUT2D eigenvalue weighted by Gasteiger charge is 2.18. The maximum Gasteiger partial charge on any atom is 0.305 e. The summed E-state index contributed by atoms with van der Waals surface area (Å²) >= 11 is 0. The highest BCUT2D eigenvalue weighted by atomic mass is 33.1. The number of carboxylic acid groups (broad SMARTS) is 2. The van der Waals surface area contributed by atoms with Gasteiger partial charge in [0.15, 0.2) is 0 Å². The van der Waals surface area contributed by atoms with Gasteiger partial charge in [0.05, 0.1) is 13.2 Å².